The molecule has 0 spiro atoms. The molecular formula is C12H12FNO. The summed E-state index contributed by atoms with van der Waals surface area (Å²) in [5.41, 5.74) is 0.482. The van der Waals surface area contributed by atoms with Gasteiger partial charge in [0.1, 0.15) is 5.82 Å². The predicted octanol–water partition coefficient (Wildman–Crippen LogP) is 1.60. The molecule has 0 heterocycles. The predicted molar refractivity (Wildman–Crippen MR) is 57.2 cm³/mol. The van der Waals surface area contributed by atoms with Crippen LogP contribution in [0.25, 0.3) is 0 Å². The molecule has 15 heavy (non-hydrogen) atoms. The normalized spacial score (nSPS) is 9.20. The third kappa shape index (κ3) is 3.19. The van der Waals surface area contributed by atoms with E-state index in [9.17, 15) is 9.18 Å². The van der Waals surface area contributed by atoms with Crippen LogP contribution in [-0.4, -0.2) is 19.9 Å². The number of hydrogen-bond acceptors (Lipinski definition) is 2. The topological polar surface area (TPSA) is 29.1 Å². The fourth-order valence-electron chi connectivity index (χ4n) is 1.11. The Bertz CT molecular complexity index is 404. The van der Waals surface area contributed by atoms with Crippen LogP contribution in [0.4, 0.5) is 4.39 Å². The Kier molecular flexibility index (Phi) is 4.52. The van der Waals surface area contributed by atoms with Crippen molar-refractivity contribution in [2.75, 3.05) is 13.6 Å². The number of carbonyl (C=O) groups excluding carboxylic acids is 1. The Hall–Kier alpha value is -1.66. The van der Waals surface area contributed by atoms with Gasteiger partial charge in [-0.3, -0.25) is 4.79 Å². The summed E-state index contributed by atoms with van der Waals surface area (Å²) in [7, 11) is 1.83. The van der Waals surface area contributed by atoms with E-state index < -0.39 is 5.82 Å². The Morgan fingerprint density at radius 3 is 3.00 bits per heavy atom. The first-order valence-electron chi connectivity index (χ1n) is 4.66. The number of hydrogen-bond donors (Lipinski definition) is 1. The third-order valence-electron chi connectivity index (χ3n) is 1.89. The average Bonchev–Trinajstić information content (AvgIpc) is 2.24. The van der Waals surface area contributed by atoms with Gasteiger partial charge in [-0.2, -0.15) is 0 Å². The summed E-state index contributed by atoms with van der Waals surface area (Å²) in [5, 5.41) is 2.95. The summed E-state index contributed by atoms with van der Waals surface area (Å²) < 4.78 is 13.1. The van der Waals surface area contributed by atoms with Crippen molar-refractivity contribution in [3.63, 3.8) is 0 Å². The fraction of sp³-hybridized carbons (Fsp3) is 0.250. The van der Waals surface area contributed by atoms with E-state index in [1.165, 1.54) is 6.07 Å². The standard InChI is InChI=1S/C12H12FNO/c1-14-8-3-2-5-10-6-4-7-12(13)11(10)9-15/h4,6-7,9,14H,3,8H2,1H3. The minimum atomic E-state index is -0.523. The molecule has 0 radical (unpaired) electrons. The van der Waals surface area contributed by atoms with Crippen LogP contribution in [0.2, 0.25) is 0 Å². The highest BCUT2D eigenvalue weighted by Gasteiger charge is 2.03. The van der Waals surface area contributed by atoms with Crippen LogP contribution in [0.3, 0.4) is 0 Å². The van der Waals surface area contributed by atoms with Gasteiger partial charge in [0.15, 0.2) is 6.29 Å². The number of aldehydes is 1. The van der Waals surface area contributed by atoms with Crippen molar-refractivity contribution in [2.45, 2.75) is 6.42 Å². The van der Waals surface area contributed by atoms with E-state index in [4.69, 9.17) is 0 Å². The maximum Gasteiger partial charge on any atom is 0.154 e. The number of nitrogens with one attached hydrogen (secondary N) is 1. The van der Waals surface area contributed by atoms with Crippen molar-refractivity contribution < 1.29 is 9.18 Å². The molecule has 3 heteroatoms. The van der Waals surface area contributed by atoms with Gasteiger partial charge in [-0.25, -0.2) is 4.39 Å². The quantitative estimate of drug-likeness (QED) is 0.461. The second-order valence-electron chi connectivity index (χ2n) is 2.97. The molecule has 0 unspecified atom stereocenters. The lowest BCUT2D eigenvalue weighted by molar-refractivity contribution is 0.111. The monoisotopic (exact) mass is 205 g/mol. The summed E-state index contributed by atoms with van der Waals surface area (Å²) >= 11 is 0. The van der Waals surface area contributed by atoms with E-state index >= 15 is 0 Å². The van der Waals surface area contributed by atoms with Gasteiger partial charge in [-0.05, 0) is 19.2 Å². The van der Waals surface area contributed by atoms with E-state index in [0.29, 0.717) is 18.3 Å². The molecule has 0 saturated heterocycles. The van der Waals surface area contributed by atoms with Crippen LogP contribution < -0.4 is 5.32 Å². The molecule has 0 aromatic heterocycles. The first-order chi connectivity index (χ1) is 7.29. The van der Waals surface area contributed by atoms with Crippen molar-refractivity contribution in [2.24, 2.45) is 0 Å². The van der Waals surface area contributed by atoms with Gasteiger partial charge in [0.25, 0.3) is 0 Å². The van der Waals surface area contributed by atoms with Crippen LogP contribution in [0.1, 0.15) is 22.3 Å². The second-order valence-corrected chi connectivity index (χ2v) is 2.97. The first-order valence-corrected chi connectivity index (χ1v) is 4.66. The van der Waals surface area contributed by atoms with E-state index in [-0.39, 0.29) is 5.56 Å². The summed E-state index contributed by atoms with van der Waals surface area (Å²) in [5.74, 6) is 5.12. The molecule has 0 fully saturated rings. The number of rotatable bonds is 3. The molecule has 2 nitrogen and oxygen atoms in total. The van der Waals surface area contributed by atoms with Gasteiger partial charge in [-0.1, -0.05) is 17.9 Å². The lowest BCUT2D eigenvalue weighted by Crippen LogP contribution is -2.05. The highest BCUT2D eigenvalue weighted by molar-refractivity contribution is 5.79. The zero-order valence-electron chi connectivity index (χ0n) is 8.51. The molecule has 78 valence electrons. The van der Waals surface area contributed by atoms with Gasteiger partial charge >= 0.3 is 0 Å². The number of halogens is 1. The van der Waals surface area contributed by atoms with E-state index in [2.05, 4.69) is 17.2 Å². The molecule has 0 saturated carbocycles. The minimum absolute atomic E-state index is 0.0365. The SMILES string of the molecule is CNCCC#Cc1cccc(F)c1C=O. The molecule has 0 atom stereocenters. The number of benzene rings is 1. The Labute approximate surface area is 88.5 Å². The summed E-state index contributed by atoms with van der Waals surface area (Å²) in [6.07, 6.45) is 1.17. The highest BCUT2D eigenvalue weighted by atomic mass is 19.1. The minimum Gasteiger partial charge on any atom is -0.319 e. The first kappa shape index (κ1) is 11.4. The van der Waals surface area contributed by atoms with Gasteiger partial charge < -0.3 is 5.32 Å². The van der Waals surface area contributed by atoms with Crippen LogP contribution in [0, 0.1) is 17.7 Å². The Balaban J connectivity index is 2.87. The zero-order chi connectivity index (χ0) is 11.1. The second kappa shape index (κ2) is 5.94. The van der Waals surface area contributed by atoms with Crippen LogP contribution in [0.15, 0.2) is 18.2 Å². The molecule has 1 rings (SSSR count). The van der Waals surface area contributed by atoms with Crippen LogP contribution >= 0.6 is 0 Å². The zero-order valence-corrected chi connectivity index (χ0v) is 8.51. The Morgan fingerprint density at radius 2 is 2.33 bits per heavy atom. The van der Waals surface area contributed by atoms with Gasteiger partial charge in [-0.15, -0.1) is 0 Å². The highest BCUT2D eigenvalue weighted by Crippen LogP contribution is 2.09. The van der Waals surface area contributed by atoms with E-state index in [0.717, 1.165) is 6.54 Å². The fourth-order valence-corrected chi connectivity index (χ4v) is 1.11. The third-order valence-corrected chi connectivity index (χ3v) is 1.89. The van der Waals surface area contributed by atoms with E-state index in [1.807, 2.05) is 7.05 Å². The van der Waals surface area contributed by atoms with Gasteiger partial charge in [0, 0.05) is 18.5 Å². The van der Waals surface area contributed by atoms with E-state index in [1.54, 1.807) is 12.1 Å². The van der Waals surface area contributed by atoms with Gasteiger partial charge in [0.05, 0.1) is 5.56 Å². The average molecular weight is 205 g/mol. The lowest BCUT2D eigenvalue weighted by Gasteiger charge is -1.97. The van der Waals surface area contributed by atoms with Gasteiger partial charge in [0.2, 0.25) is 0 Å². The van der Waals surface area contributed by atoms with Crippen LogP contribution in [0.5, 0.6) is 0 Å². The van der Waals surface area contributed by atoms with Crippen LogP contribution in [-0.2, 0) is 0 Å². The van der Waals surface area contributed by atoms with Crippen molar-refractivity contribution in [3.8, 4) is 11.8 Å². The molecule has 0 aliphatic heterocycles. The molecule has 0 aliphatic carbocycles. The molecule has 0 amide bonds. The smallest absolute Gasteiger partial charge is 0.154 e. The van der Waals surface area contributed by atoms with Crippen molar-refractivity contribution in [1.82, 2.24) is 5.32 Å². The lowest BCUT2D eigenvalue weighted by atomic mass is 10.1. The molecular weight excluding hydrogens is 193 g/mol. The van der Waals surface area contributed by atoms with Crippen molar-refractivity contribution in [3.05, 3.63) is 35.1 Å². The maximum absolute atomic E-state index is 13.1. The number of carbonyl (C=O) groups is 1. The molecule has 1 aromatic rings. The Morgan fingerprint density at radius 1 is 1.53 bits per heavy atom. The largest absolute Gasteiger partial charge is 0.319 e. The summed E-state index contributed by atoms with van der Waals surface area (Å²) in [6.45, 7) is 0.777. The molecule has 0 aliphatic rings. The maximum atomic E-state index is 13.1. The molecule has 0 bridgehead atoms. The molecule has 1 N–H and O–H groups in total. The molecule has 1 aromatic carbocycles. The van der Waals surface area contributed by atoms with Crippen molar-refractivity contribution >= 4 is 6.29 Å². The summed E-state index contributed by atoms with van der Waals surface area (Å²) in [4.78, 5) is 10.6. The van der Waals surface area contributed by atoms with Crippen molar-refractivity contribution in [1.29, 1.82) is 0 Å². The summed E-state index contributed by atoms with van der Waals surface area (Å²) in [6, 6.07) is 4.44.